The minimum atomic E-state index is -0.245. The fraction of sp³-hybridized carbons (Fsp3) is 0.391. The number of benzene rings is 2. The Hall–Kier alpha value is -2.82. The Labute approximate surface area is 166 Å². The zero-order valence-corrected chi connectivity index (χ0v) is 16.7. The van der Waals surface area contributed by atoms with Crippen molar-refractivity contribution in [2.75, 3.05) is 19.7 Å². The lowest BCUT2D eigenvalue weighted by atomic mass is 9.87. The number of hydrogen-bond acceptors (Lipinski definition) is 3. The highest BCUT2D eigenvalue weighted by Gasteiger charge is 2.20. The van der Waals surface area contributed by atoms with E-state index >= 15 is 0 Å². The van der Waals surface area contributed by atoms with E-state index in [1.165, 1.54) is 5.56 Å². The van der Waals surface area contributed by atoms with E-state index in [9.17, 15) is 9.59 Å². The van der Waals surface area contributed by atoms with Crippen LogP contribution in [0.4, 0.5) is 0 Å². The van der Waals surface area contributed by atoms with Crippen LogP contribution < -0.4 is 15.4 Å². The summed E-state index contributed by atoms with van der Waals surface area (Å²) >= 11 is 0. The molecule has 0 aromatic heterocycles. The molecule has 2 amide bonds. The lowest BCUT2D eigenvalue weighted by Crippen LogP contribution is -2.40. The molecule has 1 unspecified atom stereocenters. The lowest BCUT2D eigenvalue weighted by molar-refractivity contribution is -0.120. The van der Waals surface area contributed by atoms with Crippen LogP contribution >= 0.6 is 0 Å². The maximum Gasteiger partial charge on any atom is 0.251 e. The minimum Gasteiger partial charge on any atom is -0.493 e. The third-order valence-corrected chi connectivity index (χ3v) is 4.97. The van der Waals surface area contributed by atoms with E-state index < -0.39 is 0 Å². The fourth-order valence-corrected chi connectivity index (χ4v) is 3.23. The molecular weight excluding hydrogens is 352 g/mol. The van der Waals surface area contributed by atoms with Gasteiger partial charge < -0.3 is 15.4 Å². The molecule has 0 saturated carbocycles. The number of rotatable bonds is 5. The maximum atomic E-state index is 12.2. The molecule has 1 atom stereocenters. The smallest absolute Gasteiger partial charge is 0.251 e. The van der Waals surface area contributed by atoms with Crippen molar-refractivity contribution in [3.8, 4) is 5.75 Å². The second kappa shape index (κ2) is 8.46. The van der Waals surface area contributed by atoms with Gasteiger partial charge >= 0.3 is 0 Å². The monoisotopic (exact) mass is 380 g/mol. The summed E-state index contributed by atoms with van der Waals surface area (Å²) in [5, 5.41) is 5.56. The second-order valence-corrected chi connectivity index (χ2v) is 8.30. The molecule has 0 aliphatic carbocycles. The molecule has 0 saturated heterocycles. The Morgan fingerprint density at radius 1 is 1.04 bits per heavy atom. The van der Waals surface area contributed by atoms with Crippen LogP contribution in [0.5, 0.6) is 5.75 Å². The zero-order chi connectivity index (χ0) is 20.1. The highest BCUT2D eigenvalue weighted by Crippen LogP contribution is 2.26. The van der Waals surface area contributed by atoms with Crippen molar-refractivity contribution >= 4 is 11.8 Å². The first-order valence-corrected chi connectivity index (χ1v) is 9.69. The minimum absolute atomic E-state index is 0.0377. The molecule has 0 fully saturated rings. The molecule has 28 heavy (non-hydrogen) atoms. The summed E-state index contributed by atoms with van der Waals surface area (Å²) in [6, 6.07) is 15.5. The number of carbonyl (C=O) groups excluding carboxylic acids is 2. The number of fused-ring (bicyclic) bond motifs is 1. The third-order valence-electron chi connectivity index (χ3n) is 4.97. The van der Waals surface area contributed by atoms with Crippen LogP contribution in [0.25, 0.3) is 0 Å². The van der Waals surface area contributed by atoms with Crippen LogP contribution in [0.15, 0.2) is 48.5 Å². The summed E-state index contributed by atoms with van der Waals surface area (Å²) in [4.78, 5) is 24.3. The first-order chi connectivity index (χ1) is 13.3. The molecule has 0 bridgehead atoms. The quantitative estimate of drug-likeness (QED) is 0.838. The van der Waals surface area contributed by atoms with Gasteiger partial charge in [0.15, 0.2) is 0 Å². The van der Waals surface area contributed by atoms with Gasteiger partial charge in [-0.05, 0) is 41.2 Å². The van der Waals surface area contributed by atoms with Gasteiger partial charge in [-0.15, -0.1) is 0 Å². The lowest BCUT2D eigenvalue weighted by Gasteiger charge is -2.25. The van der Waals surface area contributed by atoms with E-state index in [1.807, 2.05) is 30.3 Å². The SMILES string of the molecule is CC(C)(C)c1ccc(C(=O)NCC(=O)NCC2COc3ccccc3C2)cc1. The molecule has 148 valence electrons. The normalized spacial score (nSPS) is 15.9. The Bertz CT molecular complexity index is 838. The van der Waals surface area contributed by atoms with Gasteiger partial charge in [0, 0.05) is 18.0 Å². The predicted octanol–water partition coefficient (Wildman–Crippen LogP) is 3.08. The van der Waals surface area contributed by atoms with E-state index in [4.69, 9.17) is 4.74 Å². The van der Waals surface area contributed by atoms with Crippen LogP contribution in [-0.2, 0) is 16.6 Å². The van der Waals surface area contributed by atoms with E-state index in [2.05, 4.69) is 37.5 Å². The molecule has 1 aliphatic rings. The number of ether oxygens (including phenoxy) is 1. The summed E-state index contributed by atoms with van der Waals surface area (Å²) in [5.74, 6) is 0.721. The molecular formula is C23H28N2O3. The first-order valence-electron chi connectivity index (χ1n) is 9.69. The number of para-hydroxylation sites is 1. The standard InChI is InChI=1S/C23H28N2O3/c1-23(2,3)19-10-8-17(9-11-19)22(27)25-14-21(26)24-13-16-12-18-6-4-5-7-20(18)28-15-16/h4-11,16H,12-15H2,1-3H3,(H,24,26)(H,25,27). The Morgan fingerprint density at radius 3 is 2.46 bits per heavy atom. The van der Waals surface area contributed by atoms with Gasteiger partial charge in [0.25, 0.3) is 5.91 Å². The summed E-state index contributed by atoms with van der Waals surface area (Å²) < 4.78 is 5.74. The predicted molar refractivity (Wildman–Crippen MR) is 110 cm³/mol. The van der Waals surface area contributed by atoms with Crippen LogP contribution in [0, 0.1) is 5.92 Å². The molecule has 5 nitrogen and oxygen atoms in total. The topological polar surface area (TPSA) is 67.4 Å². The number of carbonyl (C=O) groups is 2. The van der Waals surface area contributed by atoms with Gasteiger partial charge in [-0.1, -0.05) is 51.1 Å². The molecule has 1 aliphatic heterocycles. The van der Waals surface area contributed by atoms with Gasteiger partial charge in [0.05, 0.1) is 13.2 Å². The highest BCUT2D eigenvalue weighted by atomic mass is 16.5. The third kappa shape index (κ3) is 5.12. The summed E-state index contributed by atoms with van der Waals surface area (Å²) in [7, 11) is 0. The van der Waals surface area contributed by atoms with Gasteiger partial charge in [-0.2, -0.15) is 0 Å². The van der Waals surface area contributed by atoms with Gasteiger partial charge in [0.2, 0.25) is 5.91 Å². The molecule has 0 radical (unpaired) electrons. The molecule has 3 rings (SSSR count). The van der Waals surface area contributed by atoms with Gasteiger partial charge in [-0.25, -0.2) is 0 Å². The van der Waals surface area contributed by atoms with E-state index in [1.54, 1.807) is 12.1 Å². The average molecular weight is 380 g/mol. The fourth-order valence-electron chi connectivity index (χ4n) is 3.23. The maximum absolute atomic E-state index is 12.2. The second-order valence-electron chi connectivity index (χ2n) is 8.30. The van der Waals surface area contributed by atoms with Crippen LogP contribution in [-0.4, -0.2) is 31.5 Å². The molecule has 2 aromatic carbocycles. The van der Waals surface area contributed by atoms with Crippen molar-refractivity contribution in [1.82, 2.24) is 10.6 Å². The highest BCUT2D eigenvalue weighted by molar-refractivity contribution is 5.96. The van der Waals surface area contributed by atoms with Crippen molar-refractivity contribution in [3.63, 3.8) is 0 Å². The van der Waals surface area contributed by atoms with E-state index in [0.717, 1.165) is 17.7 Å². The van der Waals surface area contributed by atoms with Crippen molar-refractivity contribution in [2.45, 2.75) is 32.6 Å². The largest absolute Gasteiger partial charge is 0.493 e. The summed E-state index contributed by atoms with van der Waals surface area (Å²) in [6.45, 7) is 7.46. The summed E-state index contributed by atoms with van der Waals surface area (Å²) in [5.41, 5.74) is 2.93. The van der Waals surface area contributed by atoms with Crippen molar-refractivity contribution in [1.29, 1.82) is 0 Å². The molecule has 5 heteroatoms. The van der Waals surface area contributed by atoms with Crippen LogP contribution in [0.3, 0.4) is 0 Å². The van der Waals surface area contributed by atoms with Crippen LogP contribution in [0.2, 0.25) is 0 Å². The number of amides is 2. The first kappa shape index (κ1) is 19.9. The van der Waals surface area contributed by atoms with Crippen LogP contribution in [0.1, 0.15) is 42.3 Å². The Morgan fingerprint density at radius 2 is 1.75 bits per heavy atom. The molecule has 0 spiro atoms. The van der Waals surface area contributed by atoms with E-state index in [0.29, 0.717) is 18.7 Å². The molecule has 1 heterocycles. The number of hydrogen-bond donors (Lipinski definition) is 2. The summed E-state index contributed by atoms with van der Waals surface area (Å²) in [6.07, 6.45) is 0.878. The van der Waals surface area contributed by atoms with Crippen molar-refractivity contribution < 1.29 is 14.3 Å². The van der Waals surface area contributed by atoms with Crippen molar-refractivity contribution in [3.05, 3.63) is 65.2 Å². The van der Waals surface area contributed by atoms with Crippen molar-refractivity contribution in [2.24, 2.45) is 5.92 Å². The van der Waals surface area contributed by atoms with Gasteiger partial charge in [-0.3, -0.25) is 9.59 Å². The van der Waals surface area contributed by atoms with Gasteiger partial charge in [0.1, 0.15) is 5.75 Å². The Balaban J connectivity index is 1.42. The average Bonchev–Trinajstić information content (AvgIpc) is 2.69. The van der Waals surface area contributed by atoms with E-state index in [-0.39, 0.29) is 29.7 Å². The number of nitrogens with one attached hydrogen (secondary N) is 2. The zero-order valence-electron chi connectivity index (χ0n) is 16.7. The molecule has 2 N–H and O–H groups in total. The molecule has 2 aromatic rings. The Kier molecular flexibility index (Phi) is 6.02.